The van der Waals surface area contributed by atoms with Gasteiger partial charge in [0.1, 0.15) is 0 Å². The van der Waals surface area contributed by atoms with Gasteiger partial charge < -0.3 is 14.3 Å². The van der Waals surface area contributed by atoms with Crippen molar-refractivity contribution >= 4 is 30.2 Å². The Labute approximate surface area is 89.0 Å². The van der Waals surface area contributed by atoms with Crippen LogP contribution >= 0.6 is 30.2 Å². The largest absolute Gasteiger partial charge is 0.328 e. The maximum Gasteiger partial charge on any atom is 0.327 e. The van der Waals surface area contributed by atoms with Crippen LogP contribution in [-0.4, -0.2) is 28.4 Å². The maximum absolute atomic E-state index is 8.42. The third-order valence-electron chi connectivity index (χ3n) is 1.45. The van der Waals surface area contributed by atoms with Crippen LogP contribution in [0.4, 0.5) is 0 Å². The fraction of sp³-hybridized carbons (Fsp3) is 1.00. The molecule has 0 amide bonds. The molecular weight excluding hydrogens is 227 g/mol. The minimum atomic E-state index is -2.14. The van der Waals surface area contributed by atoms with Gasteiger partial charge in [0.15, 0.2) is 0 Å². The number of unbranched alkanes of at least 4 members (excludes halogenated alkanes) is 3. The number of hydrogen-bond acceptors (Lipinski definition) is 5. The summed E-state index contributed by atoms with van der Waals surface area (Å²) >= 11 is 0. The van der Waals surface area contributed by atoms with Gasteiger partial charge in [-0.3, -0.25) is 0 Å². The highest BCUT2D eigenvalue weighted by Crippen LogP contribution is 2.24. The molecule has 0 aliphatic rings. The summed E-state index contributed by atoms with van der Waals surface area (Å²) in [5.74, 6) is 1.20. The van der Waals surface area contributed by atoms with Crippen LogP contribution in [0, 0.1) is 0 Å². The quantitative estimate of drug-likeness (QED) is 0.371. The molecule has 0 spiro atoms. The van der Waals surface area contributed by atoms with Crippen molar-refractivity contribution in [3.8, 4) is 0 Å². The van der Waals surface area contributed by atoms with Crippen molar-refractivity contribution in [2.24, 2.45) is 0 Å². The Morgan fingerprint density at radius 1 is 1.15 bits per heavy atom. The van der Waals surface area contributed by atoms with E-state index in [1.807, 2.05) is 10.8 Å². The topological polar surface area (TPSA) is 49.7 Å². The second kappa shape index (κ2) is 11.1. The highest BCUT2D eigenvalue weighted by atomic mass is 33.1. The SMILES string of the molecule is CSSCCCCCCOP(O)O. The molecule has 0 rings (SSSR count). The first-order valence-corrected chi connectivity index (χ1v) is 8.13. The summed E-state index contributed by atoms with van der Waals surface area (Å²) in [6, 6.07) is 0. The van der Waals surface area contributed by atoms with E-state index < -0.39 is 8.60 Å². The monoisotopic (exact) mass is 244 g/mol. The lowest BCUT2D eigenvalue weighted by molar-refractivity contribution is 0.249. The van der Waals surface area contributed by atoms with E-state index in [9.17, 15) is 0 Å². The normalized spacial score (nSPS) is 11.1. The number of hydrogen-bond donors (Lipinski definition) is 2. The zero-order valence-electron chi connectivity index (χ0n) is 7.81. The molecule has 0 heterocycles. The van der Waals surface area contributed by atoms with Crippen LogP contribution in [0.1, 0.15) is 25.7 Å². The van der Waals surface area contributed by atoms with Gasteiger partial charge in [0.05, 0.1) is 6.61 Å². The molecular formula is C7H17O3PS2. The number of rotatable bonds is 9. The fourth-order valence-corrected chi connectivity index (χ4v) is 2.48. The molecule has 3 nitrogen and oxygen atoms in total. The van der Waals surface area contributed by atoms with Gasteiger partial charge in [-0.05, 0) is 19.1 Å². The Kier molecular flexibility index (Phi) is 11.9. The fourth-order valence-electron chi connectivity index (χ4n) is 0.846. The van der Waals surface area contributed by atoms with Gasteiger partial charge in [0.25, 0.3) is 0 Å². The summed E-state index contributed by atoms with van der Waals surface area (Å²) in [6.07, 6.45) is 6.55. The van der Waals surface area contributed by atoms with Crippen LogP contribution in [-0.2, 0) is 4.52 Å². The van der Waals surface area contributed by atoms with Crippen LogP contribution < -0.4 is 0 Å². The molecule has 0 fully saturated rings. The summed E-state index contributed by atoms with van der Waals surface area (Å²) in [4.78, 5) is 16.8. The smallest absolute Gasteiger partial charge is 0.327 e. The third kappa shape index (κ3) is 13.0. The molecule has 13 heavy (non-hydrogen) atoms. The van der Waals surface area contributed by atoms with Crippen molar-refractivity contribution in [3.63, 3.8) is 0 Å². The molecule has 0 bridgehead atoms. The molecule has 80 valence electrons. The molecule has 0 aliphatic heterocycles. The van der Waals surface area contributed by atoms with Crippen LogP contribution in [0.5, 0.6) is 0 Å². The van der Waals surface area contributed by atoms with Crippen molar-refractivity contribution in [1.29, 1.82) is 0 Å². The second-order valence-electron chi connectivity index (χ2n) is 2.49. The van der Waals surface area contributed by atoms with Crippen molar-refractivity contribution in [2.45, 2.75) is 25.7 Å². The summed E-state index contributed by atoms with van der Waals surface area (Å²) in [7, 11) is 1.55. The van der Waals surface area contributed by atoms with Crippen LogP contribution in [0.15, 0.2) is 0 Å². The molecule has 0 aliphatic carbocycles. The molecule has 0 aromatic carbocycles. The van der Waals surface area contributed by atoms with Gasteiger partial charge >= 0.3 is 8.60 Å². The highest BCUT2D eigenvalue weighted by molar-refractivity contribution is 8.76. The van der Waals surface area contributed by atoms with Gasteiger partial charge in [-0.15, -0.1) is 0 Å². The Morgan fingerprint density at radius 2 is 1.85 bits per heavy atom. The van der Waals surface area contributed by atoms with E-state index in [1.54, 1.807) is 10.8 Å². The van der Waals surface area contributed by atoms with E-state index in [-0.39, 0.29) is 0 Å². The predicted octanol–water partition coefficient (Wildman–Crippen LogP) is 2.79. The second-order valence-corrected chi connectivity index (χ2v) is 5.94. The van der Waals surface area contributed by atoms with Gasteiger partial charge in [-0.25, -0.2) is 0 Å². The van der Waals surface area contributed by atoms with E-state index >= 15 is 0 Å². The van der Waals surface area contributed by atoms with Crippen molar-refractivity contribution in [2.75, 3.05) is 18.6 Å². The Bertz CT molecular complexity index is 106. The molecule has 0 saturated carbocycles. The molecule has 0 radical (unpaired) electrons. The summed E-state index contributed by atoms with van der Waals surface area (Å²) < 4.78 is 4.64. The van der Waals surface area contributed by atoms with Gasteiger partial charge in [0, 0.05) is 5.75 Å². The average molecular weight is 244 g/mol. The van der Waals surface area contributed by atoms with E-state index in [2.05, 4.69) is 10.8 Å². The average Bonchev–Trinajstić information content (AvgIpc) is 2.09. The molecule has 6 heteroatoms. The van der Waals surface area contributed by atoms with Crippen LogP contribution in [0.2, 0.25) is 0 Å². The molecule has 0 aromatic heterocycles. The van der Waals surface area contributed by atoms with Crippen molar-refractivity contribution in [1.82, 2.24) is 0 Å². The van der Waals surface area contributed by atoms with Crippen LogP contribution in [0.3, 0.4) is 0 Å². The first-order valence-electron chi connectivity index (χ1n) is 4.23. The maximum atomic E-state index is 8.42. The predicted molar refractivity (Wildman–Crippen MR) is 61.8 cm³/mol. The lowest BCUT2D eigenvalue weighted by Gasteiger charge is -2.03. The first-order chi connectivity index (χ1) is 6.27. The summed E-state index contributed by atoms with van der Waals surface area (Å²) in [5.41, 5.74) is 0. The van der Waals surface area contributed by atoms with Gasteiger partial charge in [0.2, 0.25) is 0 Å². The van der Waals surface area contributed by atoms with Crippen LogP contribution in [0.25, 0.3) is 0 Å². The zero-order chi connectivity index (χ0) is 9.94. The molecule has 2 N–H and O–H groups in total. The van der Waals surface area contributed by atoms with E-state index in [4.69, 9.17) is 9.79 Å². The lowest BCUT2D eigenvalue weighted by Crippen LogP contribution is -1.89. The first kappa shape index (κ1) is 14.0. The van der Waals surface area contributed by atoms with Crippen molar-refractivity contribution in [3.05, 3.63) is 0 Å². The standard InChI is InChI=1S/C7H17O3PS2/c1-12-13-7-5-3-2-4-6-10-11(8)9/h8-9H,2-7H2,1H3. The molecule has 0 atom stereocenters. The molecule has 0 saturated heterocycles. The summed E-state index contributed by atoms with van der Waals surface area (Å²) in [6.45, 7) is 0.467. The van der Waals surface area contributed by atoms with Gasteiger partial charge in [-0.2, -0.15) is 0 Å². The molecule has 0 unspecified atom stereocenters. The van der Waals surface area contributed by atoms with Crippen molar-refractivity contribution < 1.29 is 14.3 Å². The molecule has 0 aromatic rings. The van der Waals surface area contributed by atoms with Gasteiger partial charge in [-0.1, -0.05) is 34.4 Å². The minimum Gasteiger partial charge on any atom is -0.328 e. The third-order valence-corrected chi connectivity index (χ3v) is 3.76. The minimum absolute atomic E-state index is 0.467. The van der Waals surface area contributed by atoms with E-state index in [1.165, 1.54) is 18.6 Å². The highest BCUT2D eigenvalue weighted by Gasteiger charge is 1.97. The Hall–Kier alpha value is 1.01. The Morgan fingerprint density at radius 3 is 2.46 bits per heavy atom. The zero-order valence-corrected chi connectivity index (χ0v) is 10.3. The lowest BCUT2D eigenvalue weighted by atomic mass is 10.2. The Balaban J connectivity index is 2.84. The van der Waals surface area contributed by atoms with E-state index in [0.717, 1.165) is 12.8 Å². The summed E-state index contributed by atoms with van der Waals surface area (Å²) in [5, 5.41) is 0. The van der Waals surface area contributed by atoms with E-state index in [0.29, 0.717) is 6.61 Å².